The maximum Gasteiger partial charge on any atom is 0.251 e. The van der Waals surface area contributed by atoms with Gasteiger partial charge in [-0.3, -0.25) is 14.6 Å². The summed E-state index contributed by atoms with van der Waals surface area (Å²) < 4.78 is 28.3. The summed E-state index contributed by atoms with van der Waals surface area (Å²) in [6.45, 7) is -0.0175. The number of anilines is 1. The molecule has 176 valence electrons. The van der Waals surface area contributed by atoms with E-state index < -0.39 is 23.6 Å². The maximum atomic E-state index is 14.7. The quantitative estimate of drug-likeness (QED) is 0.372. The lowest BCUT2D eigenvalue weighted by molar-refractivity contribution is -0.119. The summed E-state index contributed by atoms with van der Waals surface area (Å²) in [6.07, 6.45) is 1.43. The predicted octanol–water partition coefficient (Wildman–Crippen LogP) is 5.45. The largest absolute Gasteiger partial charge is 0.345 e. The van der Waals surface area contributed by atoms with Gasteiger partial charge in [0.2, 0.25) is 5.91 Å². The van der Waals surface area contributed by atoms with Gasteiger partial charge in [-0.2, -0.15) is 0 Å². The van der Waals surface area contributed by atoms with Gasteiger partial charge in [0.25, 0.3) is 5.91 Å². The molecule has 0 aliphatic rings. The zero-order valence-electron chi connectivity index (χ0n) is 18.8. The van der Waals surface area contributed by atoms with E-state index in [1.54, 1.807) is 48.7 Å². The zero-order chi connectivity index (χ0) is 24.6. The van der Waals surface area contributed by atoms with Crippen molar-refractivity contribution >= 4 is 17.5 Å². The van der Waals surface area contributed by atoms with Crippen LogP contribution in [0.25, 0.3) is 0 Å². The van der Waals surface area contributed by atoms with Gasteiger partial charge in [-0.05, 0) is 42.0 Å². The lowest BCUT2D eigenvalue weighted by Gasteiger charge is -2.26. The predicted molar refractivity (Wildman–Crippen MR) is 129 cm³/mol. The summed E-state index contributed by atoms with van der Waals surface area (Å²) >= 11 is 0. The minimum absolute atomic E-state index is 0.0175. The number of halogens is 2. The topological polar surface area (TPSA) is 62.3 Å². The van der Waals surface area contributed by atoms with Crippen LogP contribution in [-0.4, -0.2) is 16.8 Å². The Hall–Kier alpha value is -4.39. The van der Waals surface area contributed by atoms with Gasteiger partial charge in [0.05, 0.1) is 30.4 Å². The first-order valence-electron chi connectivity index (χ1n) is 11.1. The Labute approximate surface area is 202 Å². The fourth-order valence-corrected chi connectivity index (χ4v) is 3.71. The standard InChI is InChI=1S/C28H23F2N3O2/c29-22-14-15-26(24(30)17-22)33(19-23-13-7-8-16-31-23)27(34)18-25(20-9-3-1-4-10-20)32-28(35)21-11-5-2-6-12-21/h1-17,25H,18-19H2,(H,32,35). The molecular formula is C28H23F2N3O2. The number of nitrogens with one attached hydrogen (secondary N) is 1. The molecule has 1 N–H and O–H groups in total. The Morgan fingerprint density at radius 1 is 0.857 bits per heavy atom. The van der Waals surface area contributed by atoms with Crippen LogP contribution in [0, 0.1) is 11.6 Å². The number of pyridine rings is 1. The number of rotatable bonds is 8. The van der Waals surface area contributed by atoms with Gasteiger partial charge in [-0.1, -0.05) is 54.6 Å². The van der Waals surface area contributed by atoms with Crippen molar-refractivity contribution in [1.29, 1.82) is 0 Å². The molecule has 5 nitrogen and oxygen atoms in total. The number of hydrogen-bond donors (Lipinski definition) is 1. The maximum absolute atomic E-state index is 14.7. The zero-order valence-corrected chi connectivity index (χ0v) is 18.8. The van der Waals surface area contributed by atoms with Gasteiger partial charge in [0.1, 0.15) is 11.6 Å². The van der Waals surface area contributed by atoms with Gasteiger partial charge >= 0.3 is 0 Å². The van der Waals surface area contributed by atoms with Crippen LogP contribution in [0.2, 0.25) is 0 Å². The minimum atomic E-state index is -0.862. The van der Waals surface area contributed by atoms with Gasteiger partial charge in [0.15, 0.2) is 0 Å². The molecule has 7 heteroatoms. The van der Waals surface area contributed by atoms with Crippen molar-refractivity contribution in [2.45, 2.75) is 19.0 Å². The van der Waals surface area contributed by atoms with Crippen LogP contribution in [0.1, 0.15) is 34.1 Å². The Balaban J connectivity index is 1.64. The molecule has 0 radical (unpaired) electrons. The average molecular weight is 472 g/mol. The van der Waals surface area contributed by atoms with E-state index in [9.17, 15) is 18.4 Å². The number of aromatic nitrogens is 1. The molecule has 0 fully saturated rings. The highest BCUT2D eigenvalue weighted by molar-refractivity contribution is 5.96. The SMILES string of the molecule is O=C(NC(CC(=O)N(Cc1ccccn1)c1ccc(F)cc1F)c1ccccc1)c1ccccc1. The van der Waals surface area contributed by atoms with Crippen molar-refractivity contribution < 1.29 is 18.4 Å². The van der Waals surface area contributed by atoms with Gasteiger partial charge < -0.3 is 10.2 Å². The molecule has 2 amide bonds. The average Bonchev–Trinajstić information content (AvgIpc) is 2.89. The molecule has 0 spiro atoms. The number of hydrogen-bond acceptors (Lipinski definition) is 3. The first-order valence-corrected chi connectivity index (χ1v) is 11.1. The van der Waals surface area contributed by atoms with Crippen molar-refractivity contribution in [3.63, 3.8) is 0 Å². The van der Waals surface area contributed by atoms with E-state index in [0.29, 0.717) is 11.3 Å². The molecule has 35 heavy (non-hydrogen) atoms. The highest BCUT2D eigenvalue weighted by Crippen LogP contribution is 2.26. The van der Waals surface area contributed by atoms with E-state index in [4.69, 9.17) is 0 Å². The number of benzene rings is 3. The lowest BCUT2D eigenvalue weighted by Crippen LogP contribution is -2.37. The number of nitrogens with zero attached hydrogens (tertiary/aromatic N) is 2. The molecule has 1 heterocycles. The van der Waals surface area contributed by atoms with E-state index >= 15 is 0 Å². The van der Waals surface area contributed by atoms with Crippen LogP contribution in [0.3, 0.4) is 0 Å². The van der Waals surface area contributed by atoms with Crippen molar-refractivity contribution in [3.8, 4) is 0 Å². The summed E-state index contributed by atoms with van der Waals surface area (Å²) in [4.78, 5) is 31.9. The van der Waals surface area contributed by atoms with Crippen LogP contribution in [0.4, 0.5) is 14.5 Å². The van der Waals surface area contributed by atoms with Crippen LogP contribution in [-0.2, 0) is 11.3 Å². The summed E-state index contributed by atoms with van der Waals surface area (Å²) in [5.41, 5.74) is 1.65. The second-order valence-electron chi connectivity index (χ2n) is 7.90. The second-order valence-corrected chi connectivity index (χ2v) is 7.90. The van der Waals surface area contributed by atoms with Gasteiger partial charge in [-0.15, -0.1) is 0 Å². The fourth-order valence-electron chi connectivity index (χ4n) is 3.71. The molecule has 0 saturated carbocycles. The molecule has 1 unspecified atom stereocenters. The van der Waals surface area contributed by atoms with Crippen molar-refractivity contribution in [2.24, 2.45) is 0 Å². The molecule has 1 atom stereocenters. The van der Waals surface area contributed by atoms with E-state index in [-0.39, 0.29) is 24.6 Å². The fraction of sp³-hybridized carbons (Fsp3) is 0.107. The Kier molecular flexibility index (Phi) is 7.57. The lowest BCUT2D eigenvalue weighted by atomic mass is 10.0. The van der Waals surface area contributed by atoms with Crippen molar-refractivity contribution in [1.82, 2.24) is 10.3 Å². The Bertz CT molecular complexity index is 1290. The third-order valence-corrected chi connectivity index (χ3v) is 5.47. The van der Waals surface area contributed by atoms with Crippen molar-refractivity contribution in [3.05, 3.63) is 132 Å². The van der Waals surface area contributed by atoms with E-state index in [1.807, 2.05) is 36.4 Å². The molecule has 3 aromatic carbocycles. The molecular weight excluding hydrogens is 448 g/mol. The van der Waals surface area contributed by atoms with Crippen LogP contribution < -0.4 is 10.2 Å². The molecule has 0 aliphatic heterocycles. The number of amides is 2. The summed E-state index contributed by atoms with van der Waals surface area (Å²) in [5, 5.41) is 2.92. The van der Waals surface area contributed by atoms with E-state index in [1.165, 1.54) is 11.0 Å². The second kappa shape index (κ2) is 11.2. The van der Waals surface area contributed by atoms with Gasteiger partial charge in [0, 0.05) is 17.8 Å². The summed E-state index contributed by atoms with van der Waals surface area (Å²) in [6, 6.07) is 25.4. The molecule has 0 aliphatic carbocycles. The third-order valence-electron chi connectivity index (χ3n) is 5.47. The van der Waals surface area contributed by atoms with Crippen LogP contribution >= 0.6 is 0 Å². The van der Waals surface area contributed by atoms with Gasteiger partial charge in [-0.25, -0.2) is 8.78 Å². The normalized spacial score (nSPS) is 11.5. The molecule has 4 rings (SSSR count). The molecule has 4 aromatic rings. The number of carbonyl (C=O) groups is 2. The first-order chi connectivity index (χ1) is 17.0. The smallest absolute Gasteiger partial charge is 0.251 e. The molecule has 1 aromatic heterocycles. The van der Waals surface area contributed by atoms with Crippen molar-refractivity contribution in [2.75, 3.05) is 4.90 Å². The Morgan fingerprint density at radius 3 is 2.20 bits per heavy atom. The van der Waals surface area contributed by atoms with E-state index in [0.717, 1.165) is 17.7 Å². The first kappa shape index (κ1) is 23.8. The third kappa shape index (κ3) is 6.14. The minimum Gasteiger partial charge on any atom is -0.345 e. The van der Waals surface area contributed by atoms with E-state index in [2.05, 4.69) is 10.3 Å². The monoisotopic (exact) mass is 471 g/mol. The summed E-state index contributed by atoms with van der Waals surface area (Å²) in [7, 11) is 0. The van der Waals surface area contributed by atoms with Crippen LogP contribution in [0.5, 0.6) is 0 Å². The highest BCUT2D eigenvalue weighted by Gasteiger charge is 2.26. The molecule has 0 bridgehead atoms. The number of carbonyl (C=O) groups excluding carboxylic acids is 2. The summed E-state index contributed by atoms with van der Waals surface area (Å²) in [5.74, 6) is -2.40. The highest BCUT2D eigenvalue weighted by atomic mass is 19.1. The Morgan fingerprint density at radius 2 is 1.54 bits per heavy atom. The van der Waals surface area contributed by atoms with Crippen LogP contribution in [0.15, 0.2) is 103 Å². The molecule has 0 saturated heterocycles.